The number of carbonyl (C=O) groups is 2. The first kappa shape index (κ1) is 38.5. The van der Waals surface area contributed by atoms with E-state index in [0.29, 0.717) is 113 Å². The minimum absolute atomic E-state index is 0.324. The van der Waals surface area contributed by atoms with Gasteiger partial charge in [-0.05, 0) is 68.8 Å². The van der Waals surface area contributed by atoms with Crippen molar-refractivity contribution in [2.45, 2.75) is 25.7 Å². The Labute approximate surface area is 305 Å². The van der Waals surface area contributed by atoms with Crippen LogP contribution in [-0.2, 0) is 44.6 Å². The number of hydrogen-bond acceptors (Lipinski definition) is 10. The summed E-state index contributed by atoms with van der Waals surface area (Å²) in [5, 5.41) is 0. The standard InChI is InChI=1S/C42H48O10/c1-45-11-15-49-39-31-7-5-8-32(39)24-36-20-30(28-44)22-38(42(36)52-18-14-48-4)26-34-10-6-9-33(40(34)50-16-12-46-2)25-37-21-29(27-43)19-35(23-31)41(37)51-17-13-47-3/h5-10,19-22,27-28H,11-18,23-26H2,1-4H3. The van der Waals surface area contributed by atoms with Gasteiger partial charge in [0.25, 0.3) is 0 Å². The molecule has 0 fully saturated rings. The minimum Gasteiger partial charge on any atom is -0.491 e. The zero-order valence-corrected chi connectivity index (χ0v) is 30.5. The normalized spacial score (nSPS) is 12.2. The van der Waals surface area contributed by atoms with Crippen LogP contribution in [0.2, 0.25) is 0 Å². The van der Waals surface area contributed by atoms with E-state index >= 15 is 0 Å². The SMILES string of the molecule is COCCOc1c2cccc1Cc1cc(C=O)cc(c1OCCOC)Cc1cccc(c1OCCOC)Cc1cc(C=O)cc(c1OCCOC)C2. The number of aldehydes is 2. The van der Waals surface area contributed by atoms with Crippen molar-refractivity contribution in [3.63, 3.8) is 0 Å². The molecule has 52 heavy (non-hydrogen) atoms. The molecule has 0 aliphatic heterocycles. The third-order valence-electron chi connectivity index (χ3n) is 8.82. The third kappa shape index (κ3) is 9.77. The lowest BCUT2D eigenvalue weighted by Crippen LogP contribution is -2.13. The van der Waals surface area contributed by atoms with Crippen LogP contribution < -0.4 is 18.9 Å². The Morgan fingerprint density at radius 3 is 0.885 bits per heavy atom. The minimum atomic E-state index is 0.324. The zero-order valence-electron chi connectivity index (χ0n) is 30.5. The summed E-state index contributed by atoms with van der Waals surface area (Å²) in [4.78, 5) is 24.8. The Balaban J connectivity index is 1.79. The largest absolute Gasteiger partial charge is 0.491 e. The summed E-state index contributed by atoms with van der Waals surface area (Å²) in [6.07, 6.45) is 3.40. The molecule has 0 N–H and O–H groups in total. The molecule has 0 saturated heterocycles. The Hall–Kier alpha value is -4.74. The molecule has 1 aliphatic carbocycles. The molecular weight excluding hydrogens is 664 g/mol. The molecule has 276 valence electrons. The molecule has 10 heteroatoms. The maximum absolute atomic E-state index is 12.4. The van der Waals surface area contributed by atoms with Gasteiger partial charge in [-0.2, -0.15) is 0 Å². The fraction of sp³-hybridized carbons (Fsp3) is 0.381. The van der Waals surface area contributed by atoms with Crippen LogP contribution in [0.1, 0.15) is 65.2 Å². The number of benzene rings is 4. The van der Waals surface area contributed by atoms with Crippen LogP contribution >= 0.6 is 0 Å². The first-order valence-corrected chi connectivity index (χ1v) is 17.4. The summed E-state index contributed by atoms with van der Waals surface area (Å²) < 4.78 is 47.3. The van der Waals surface area contributed by atoms with Gasteiger partial charge < -0.3 is 37.9 Å². The lowest BCUT2D eigenvalue weighted by Gasteiger charge is -2.23. The van der Waals surface area contributed by atoms with E-state index in [2.05, 4.69) is 0 Å². The Bertz CT molecular complexity index is 1580. The number of carbonyl (C=O) groups excluding carboxylic acids is 2. The van der Waals surface area contributed by atoms with Crippen molar-refractivity contribution in [3.05, 3.63) is 116 Å². The van der Waals surface area contributed by atoms with Crippen molar-refractivity contribution in [2.75, 3.05) is 81.3 Å². The number of ether oxygens (including phenoxy) is 8. The van der Waals surface area contributed by atoms with E-state index in [-0.39, 0.29) is 0 Å². The fourth-order valence-corrected chi connectivity index (χ4v) is 6.53. The summed E-state index contributed by atoms with van der Waals surface area (Å²) in [7, 11) is 6.54. The van der Waals surface area contributed by atoms with Crippen molar-refractivity contribution in [2.24, 2.45) is 0 Å². The molecule has 4 aromatic carbocycles. The van der Waals surface area contributed by atoms with Crippen LogP contribution in [0.4, 0.5) is 0 Å². The van der Waals surface area contributed by atoms with Crippen LogP contribution in [-0.4, -0.2) is 93.9 Å². The van der Waals surface area contributed by atoms with E-state index in [1.807, 2.05) is 60.7 Å². The Morgan fingerprint density at radius 1 is 0.404 bits per heavy atom. The molecule has 0 unspecified atom stereocenters. The van der Waals surface area contributed by atoms with Gasteiger partial charge >= 0.3 is 0 Å². The summed E-state index contributed by atoms with van der Waals surface area (Å²) in [5.41, 5.74) is 8.05. The van der Waals surface area contributed by atoms with Crippen LogP contribution in [0.25, 0.3) is 0 Å². The first-order chi connectivity index (χ1) is 25.5. The molecule has 5 rings (SSSR count). The number of rotatable bonds is 18. The highest BCUT2D eigenvalue weighted by Gasteiger charge is 2.23. The lowest BCUT2D eigenvalue weighted by atomic mass is 9.90. The maximum atomic E-state index is 12.4. The highest BCUT2D eigenvalue weighted by Crippen LogP contribution is 2.39. The van der Waals surface area contributed by atoms with Gasteiger partial charge in [-0.3, -0.25) is 9.59 Å². The van der Waals surface area contributed by atoms with Crippen LogP contribution in [0.5, 0.6) is 23.0 Å². The van der Waals surface area contributed by atoms with Crippen molar-refractivity contribution >= 4 is 12.6 Å². The maximum Gasteiger partial charge on any atom is 0.150 e. The molecule has 0 heterocycles. The Kier molecular flexibility index (Phi) is 14.6. The number of methoxy groups -OCH3 is 4. The molecule has 1 aliphatic rings. The fourth-order valence-electron chi connectivity index (χ4n) is 6.53. The molecule has 0 saturated carbocycles. The average Bonchev–Trinajstić information content (AvgIpc) is 3.15. The van der Waals surface area contributed by atoms with Crippen molar-refractivity contribution in [3.8, 4) is 23.0 Å². The highest BCUT2D eigenvalue weighted by atomic mass is 16.5. The smallest absolute Gasteiger partial charge is 0.150 e. The lowest BCUT2D eigenvalue weighted by molar-refractivity contribution is 0.111. The molecule has 8 bridgehead atoms. The van der Waals surface area contributed by atoms with Gasteiger partial charge in [-0.15, -0.1) is 0 Å². The van der Waals surface area contributed by atoms with Crippen molar-refractivity contribution < 1.29 is 47.5 Å². The summed E-state index contributed by atoms with van der Waals surface area (Å²) >= 11 is 0. The van der Waals surface area contributed by atoms with Gasteiger partial charge in [0.05, 0.1) is 26.4 Å². The second-order valence-electron chi connectivity index (χ2n) is 12.5. The second kappa shape index (κ2) is 19.8. The van der Waals surface area contributed by atoms with Crippen molar-refractivity contribution in [1.82, 2.24) is 0 Å². The molecule has 10 nitrogen and oxygen atoms in total. The number of hydrogen-bond donors (Lipinski definition) is 0. The second-order valence-corrected chi connectivity index (χ2v) is 12.5. The molecule has 0 aromatic heterocycles. The predicted octanol–water partition coefficient (Wildman–Crippen LogP) is 6.09. The van der Waals surface area contributed by atoms with Gasteiger partial charge in [0, 0.05) is 65.2 Å². The Morgan fingerprint density at radius 2 is 0.654 bits per heavy atom. The highest BCUT2D eigenvalue weighted by molar-refractivity contribution is 5.78. The van der Waals surface area contributed by atoms with E-state index in [4.69, 9.17) is 37.9 Å². The number of fused-ring (bicyclic) bond motifs is 8. The molecule has 0 amide bonds. The third-order valence-corrected chi connectivity index (χ3v) is 8.82. The zero-order chi connectivity index (χ0) is 36.7. The van der Waals surface area contributed by atoms with E-state index in [0.717, 1.165) is 57.1 Å². The van der Waals surface area contributed by atoms with Gasteiger partial charge in [-0.25, -0.2) is 0 Å². The molecular formula is C42H48O10. The first-order valence-electron chi connectivity index (χ1n) is 17.4. The summed E-state index contributed by atoms with van der Waals surface area (Å²) in [6.45, 7) is 2.88. The monoisotopic (exact) mass is 712 g/mol. The van der Waals surface area contributed by atoms with Gasteiger partial charge in [-0.1, -0.05) is 36.4 Å². The quantitative estimate of drug-likeness (QED) is 0.0783. The average molecular weight is 713 g/mol. The molecule has 4 aromatic rings. The summed E-state index contributed by atoms with van der Waals surface area (Å²) in [6, 6.07) is 19.6. The van der Waals surface area contributed by atoms with E-state index < -0.39 is 0 Å². The topological polar surface area (TPSA) is 108 Å². The predicted molar refractivity (Wildman–Crippen MR) is 197 cm³/mol. The van der Waals surface area contributed by atoms with Gasteiger partial charge in [0.2, 0.25) is 0 Å². The molecule has 0 spiro atoms. The van der Waals surface area contributed by atoms with Crippen molar-refractivity contribution in [1.29, 1.82) is 0 Å². The summed E-state index contributed by atoms with van der Waals surface area (Å²) in [5.74, 6) is 2.77. The number of para-hydroxylation sites is 2. The van der Waals surface area contributed by atoms with Gasteiger partial charge in [0.15, 0.2) is 0 Å². The van der Waals surface area contributed by atoms with Gasteiger partial charge in [0.1, 0.15) is 62.0 Å². The molecule has 0 atom stereocenters. The van der Waals surface area contributed by atoms with Crippen LogP contribution in [0.15, 0.2) is 60.7 Å². The van der Waals surface area contributed by atoms with E-state index in [1.54, 1.807) is 28.4 Å². The molecule has 0 radical (unpaired) electrons. The van der Waals surface area contributed by atoms with E-state index in [9.17, 15) is 9.59 Å². The van der Waals surface area contributed by atoms with Crippen LogP contribution in [0, 0.1) is 0 Å². The van der Waals surface area contributed by atoms with Crippen LogP contribution in [0.3, 0.4) is 0 Å². The van der Waals surface area contributed by atoms with E-state index in [1.165, 1.54) is 0 Å².